The van der Waals surface area contributed by atoms with Gasteiger partial charge in [0.15, 0.2) is 0 Å². The molecule has 0 saturated heterocycles. The summed E-state index contributed by atoms with van der Waals surface area (Å²) in [4.78, 5) is 2.72. The van der Waals surface area contributed by atoms with Crippen molar-refractivity contribution in [2.45, 2.75) is 83.5 Å². The van der Waals surface area contributed by atoms with E-state index in [0.29, 0.717) is 12.1 Å². The van der Waals surface area contributed by atoms with Crippen LogP contribution in [0.2, 0.25) is 0 Å². The van der Waals surface area contributed by atoms with Crippen LogP contribution in [0.25, 0.3) is 0 Å². The Hall–Kier alpha value is -0.120. The number of rotatable bonds is 9. The van der Waals surface area contributed by atoms with Crippen molar-refractivity contribution in [1.82, 2.24) is 10.2 Å². The van der Waals surface area contributed by atoms with E-state index >= 15 is 0 Å². The van der Waals surface area contributed by atoms with Crippen molar-refractivity contribution in [2.75, 3.05) is 13.2 Å². The van der Waals surface area contributed by atoms with Gasteiger partial charge in [-0.2, -0.15) is 0 Å². The summed E-state index contributed by atoms with van der Waals surface area (Å²) in [5, 5.41) is 13.3. The number of hydrogen-bond acceptors (Lipinski definition) is 3. The van der Waals surface area contributed by atoms with Gasteiger partial charge < -0.3 is 10.4 Å². The lowest BCUT2D eigenvalue weighted by Crippen LogP contribution is -2.53. The van der Waals surface area contributed by atoms with E-state index < -0.39 is 0 Å². The fourth-order valence-corrected chi connectivity index (χ4v) is 3.33. The molecule has 2 unspecified atom stereocenters. The van der Waals surface area contributed by atoms with Gasteiger partial charge in [0.1, 0.15) is 0 Å². The number of nitrogens with zero attached hydrogens (tertiary/aromatic N) is 1. The summed E-state index contributed by atoms with van der Waals surface area (Å²) < 4.78 is 0. The van der Waals surface area contributed by atoms with Crippen molar-refractivity contribution in [3.05, 3.63) is 0 Å². The number of aliphatic hydroxyl groups is 1. The first kappa shape index (κ1) is 15.3. The van der Waals surface area contributed by atoms with Crippen LogP contribution in [0.3, 0.4) is 0 Å². The second kappa shape index (κ2) is 6.11. The lowest BCUT2D eigenvalue weighted by Gasteiger charge is -2.38. The summed E-state index contributed by atoms with van der Waals surface area (Å²) in [6.07, 6.45) is 6.65. The maximum Gasteiger partial charge on any atom is 0.0611 e. The van der Waals surface area contributed by atoms with E-state index in [1.165, 1.54) is 32.2 Å². The molecule has 0 amide bonds. The Bertz CT molecular complexity index is 286. The molecule has 0 aromatic carbocycles. The molecule has 2 aliphatic rings. The van der Waals surface area contributed by atoms with Crippen molar-refractivity contribution >= 4 is 0 Å². The van der Waals surface area contributed by atoms with E-state index in [-0.39, 0.29) is 12.1 Å². The van der Waals surface area contributed by atoms with Gasteiger partial charge in [-0.3, -0.25) is 4.90 Å². The number of aliphatic hydroxyl groups excluding tert-OH is 1. The van der Waals surface area contributed by atoms with E-state index in [0.717, 1.165) is 18.4 Å². The predicted octanol–water partition coefficient (Wildman–Crippen LogP) is 2.39. The molecule has 2 aliphatic carbocycles. The molecule has 112 valence electrons. The number of nitrogens with one attached hydrogen (secondary N) is 1. The molecule has 0 aromatic rings. The van der Waals surface area contributed by atoms with Crippen LogP contribution < -0.4 is 5.32 Å². The van der Waals surface area contributed by atoms with E-state index in [9.17, 15) is 5.11 Å². The van der Waals surface area contributed by atoms with Crippen LogP contribution in [-0.4, -0.2) is 46.8 Å². The summed E-state index contributed by atoms with van der Waals surface area (Å²) in [5.74, 6) is 0.960. The van der Waals surface area contributed by atoms with Crippen LogP contribution in [0.5, 0.6) is 0 Å². The Morgan fingerprint density at radius 3 is 2.26 bits per heavy atom. The monoisotopic (exact) mass is 268 g/mol. The third-order valence-corrected chi connectivity index (χ3v) is 4.48. The zero-order valence-corrected chi connectivity index (χ0v) is 13.2. The molecule has 0 aromatic heterocycles. The van der Waals surface area contributed by atoms with Gasteiger partial charge in [0.2, 0.25) is 0 Å². The molecule has 0 aliphatic heterocycles. The minimum Gasteiger partial charge on any atom is -0.394 e. The van der Waals surface area contributed by atoms with Crippen LogP contribution >= 0.6 is 0 Å². The highest BCUT2D eigenvalue weighted by Gasteiger charge is 2.38. The summed E-state index contributed by atoms with van der Waals surface area (Å²) >= 11 is 0. The van der Waals surface area contributed by atoms with Crippen molar-refractivity contribution in [1.29, 1.82) is 0 Å². The van der Waals surface area contributed by atoms with Crippen LogP contribution in [0.15, 0.2) is 0 Å². The van der Waals surface area contributed by atoms with Crippen LogP contribution in [0.1, 0.15) is 59.8 Å². The van der Waals surface area contributed by atoms with Crippen LogP contribution in [-0.2, 0) is 0 Å². The molecule has 2 atom stereocenters. The van der Waals surface area contributed by atoms with Gasteiger partial charge in [-0.1, -0.05) is 13.8 Å². The van der Waals surface area contributed by atoms with Crippen molar-refractivity contribution in [3.63, 3.8) is 0 Å². The van der Waals surface area contributed by atoms with Crippen LogP contribution in [0, 0.1) is 5.92 Å². The topological polar surface area (TPSA) is 35.5 Å². The second-order valence-corrected chi connectivity index (χ2v) is 7.44. The predicted molar refractivity (Wildman–Crippen MR) is 80.3 cm³/mol. The Labute approximate surface area is 118 Å². The molecule has 0 bridgehead atoms. The molecule has 2 rings (SSSR count). The van der Waals surface area contributed by atoms with Gasteiger partial charge in [-0.25, -0.2) is 0 Å². The Morgan fingerprint density at radius 1 is 1.21 bits per heavy atom. The zero-order chi connectivity index (χ0) is 14.0. The Balaban J connectivity index is 1.89. The average Bonchev–Trinajstić information content (AvgIpc) is 3.16. The molecule has 0 heterocycles. The highest BCUT2D eigenvalue weighted by Crippen LogP contribution is 2.37. The summed E-state index contributed by atoms with van der Waals surface area (Å²) in [7, 11) is 0. The SMILES string of the molecule is CC(C)NC(C)(CO)CC(C)N(CC1CC1)C1CC1. The third-order valence-electron chi connectivity index (χ3n) is 4.48. The van der Waals surface area contributed by atoms with Crippen molar-refractivity contribution in [2.24, 2.45) is 5.92 Å². The van der Waals surface area contributed by atoms with Crippen molar-refractivity contribution < 1.29 is 5.11 Å². The Morgan fingerprint density at radius 2 is 1.84 bits per heavy atom. The normalized spacial score (nSPS) is 24.8. The molecular weight excluding hydrogens is 236 g/mol. The van der Waals surface area contributed by atoms with Gasteiger partial charge in [0.05, 0.1) is 6.61 Å². The quantitative estimate of drug-likeness (QED) is 0.674. The fourth-order valence-electron chi connectivity index (χ4n) is 3.33. The first-order valence-electron chi connectivity index (χ1n) is 8.08. The fraction of sp³-hybridized carbons (Fsp3) is 1.00. The van der Waals surface area contributed by atoms with E-state index in [2.05, 4.69) is 37.9 Å². The maximum absolute atomic E-state index is 9.73. The summed E-state index contributed by atoms with van der Waals surface area (Å²) in [6, 6.07) is 1.82. The van der Waals surface area contributed by atoms with Crippen molar-refractivity contribution in [3.8, 4) is 0 Å². The molecule has 2 N–H and O–H groups in total. The van der Waals surface area contributed by atoms with Gasteiger partial charge in [0.25, 0.3) is 0 Å². The van der Waals surface area contributed by atoms with E-state index in [4.69, 9.17) is 0 Å². The zero-order valence-electron chi connectivity index (χ0n) is 13.2. The lowest BCUT2D eigenvalue weighted by molar-refractivity contribution is 0.102. The minimum absolute atomic E-state index is 0.149. The standard InChI is InChI=1S/C16H32N2O/c1-12(2)17-16(4,11-19)9-13(3)18(15-7-8-15)10-14-5-6-14/h12-15,17,19H,5-11H2,1-4H3. The van der Waals surface area contributed by atoms with Gasteiger partial charge >= 0.3 is 0 Å². The highest BCUT2D eigenvalue weighted by atomic mass is 16.3. The van der Waals surface area contributed by atoms with E-state index in [1.807, 2.05) is 0 Å². The lowest BCUT2D eigenvalue weighted by atomic mass is 9.92. The first-order valence-corrected chi connectivity index (χ1v) is 8.08. The largest absolute Gasteiger partial charge is 0.394 e. The van der Waals surface area contributed by atoms with Crippen LogP contribution in [0.4, 0.5) is 0 Å². The molecule has 2 saturated carbocycles. The minimum atomic E-state index is -0.149. The summed E-state index contributed by atoms with van der Waals surface area (Å²) in [6.45, 7) is 10.3. The average molecular weight is 268 g/mol. The van der Waals surface area contributed by atoms with E-state index in [1.54, 1.807) is 0 Å². The Kier molecular flexibility index (Phi) is 4.91. The highest BCUT2D eigenvalue weighted by molar-refractivity contribution is 4.95. The second-order valence-electron chi connectivity index (χ2n) is 7.44. The summed E-state index contributed by atoms with van der Waals surface area (Å²) in [5.41, 5.74) is -0.149. The molecule has 19 heavy (non-hydrogen) atoms. The first-order chi connectivity index (χ1) is 8.93. The molecule has 0 spiro atoms. The smallest absolute Gasteiger partial charge is 0.0611 e. The molecule has 3 nitrogen and oxygen atoms in total. The van der Waals surface area contributed by atoms with Gasteiger partial charge in [-0.15, -0.1) is 0 Å². The molecule has 2 fully saturated rings. The van der Waals surface area contributed by atoms with Gasteiger partial charge in [-0.05, 0) is 51.9 Å². The molecule has 0 radical (unpaired) electrons. The van der Waals surface area contributed by atoms with Gasteiger partial charge in [0, 0.05) is 30.2 Å². The maximum atomic E-state index is 9.73. The molecular formula is C16H32N2O. The third kappa shape index (κ3) is 4.73. The number of hydrogen-bond donors (Lipinski definition) is 2. The molecule has 3 heteroatoms.